The number of nitrogens with two attached hydrogens (primary N) is 1. The smallest absolute Gasteiger partial charge is 0.0589 e. The Kier molecular flexibility index (Phi) is 6.53. The van der Waals surface area contributed by atoms with Gasteiger partial charge < -0.3 is 10.5 Å². The van der Waals surface area contributed by atoms with Crippen molar-refractivity contribution in [1.29, 1.82) is 0 Å². The SMILES string of the molecule is Cc1cc(C)cc(CSCCOCCN)c1. The summed E-state index contributed by atoms with van der Waals surface area (Å²) in [6.07, 6.45) is 0. The molecule has 0 saturated carbocycles. The van der Waals surface area contributed by atoms with Gasteiger partial charge in [-0.1, -0.05) is 29.3 Å². The molecule has 3 heteroatoms. The normalized spacial score (nSPS) is 10.7. The van der Waals surface area contributed by atoms with Crippen molar-refractivity contribution >= 4 is 11.8 Å². The molecule has 0 amide bonds. The fourth-order valence-electron chi connectivity index (χ4n) is 1.65. The fraction of sp³-hybridized carbons (Fsp3) is 0.538. The Morgan fingerprint density at radius 2 is 1.81 bits per heavy atom. The highest BCUT2D eigenvalue weighted by Crippen LogP contribution is 2.15. The summed E-state index contributed by atoms with van der Waals surface area (Å²) in [4.78, 5) is 0. The second-order valence-corrected chi connectivity index (χ2v) is 5.05. The number of aryl methyl sites for hydroxylation is 2. The summed E-state index contributed by atoms with van der Waals surface area (Å²) in [5.41, 5.74) is 9.42. The van der Waals surface area contributed by atoms with Crippen molar-refractivity contribution < 1.29 is 4.74 Å². The van der Waals surface area contributed by atoms with Crippen molar-refractivity contribution in [3.05, 3.63) is 34.9 Å². The topological polar surface area (TPSA) is 35.2 Å². The third-order valence-corrected chi connectivity index (χ3v) is 3.18. The molecule has 0 fully saturated rings. The molecule has 0 atom stereocenters. The summed E-state index contributed by atoms with van der Waals surface area (Å²) in [7, 11) is 0. The van der Waals surface area contributed by atoms with Crippen LogP contribution in [0.2, 0.25) is 0 Å². The Morgan fingerprint density at radius 3 is 2.44 bits per heavy atom. The lowest BCUT2D eigenvalue weighted by atomic mass is 10.1. The van der Waals surface area contributed by atoms with Gasteiger partial charge in [-0.3, -0.25) is 0 Å². The van der Waals surface area contributed by atoms with Gasteiger partial charge in [0.2, 0.25) is 0 Å². The number of hydrogen-bond donors (Lipinski definition) is 1. The summed E-state index contributed by atoms with van der Waals surface area (Å²) in [6, 6.07) is 6.71. The molecule has 1 aromatic carbocycles. The summed E-state index contributed by atoms with van der Waals surface area (Å²) in [5, 5.41) is 0. The molecule has 0 aromatic heterocycles. The Morgan fingerprint density at radius 1 is 1.12 bits per heavy atom. The minimum atomic E-state index is 0.613. The molecule has 90 valence electrons. The first-order chi connectivity index (χ1) is 7.72. The molecule has 0 spiro atoms. The third-order valence-electron chi connectivity index (χ3n) is 2.18. The zero-order chi connectivity index (χ0) is 11.8. The number of ether oxygens (including phenoxy) is 1. The zero-order valence-electron chi connectivity index (χ0n) is 10.2. The van der Waals surface area contributed by atoms with Crippen LogP contribution in [0, 0.1) is 13.8 Å². The van der Waals surface area contributed by atoms with E-state index < -0.39 is 0 Å². The van der Waals surface area contributed by atoms with Crippen LogP contribution in [-0.4, -0.2) is 25.5 Å². The van der Waals surface area contributed by atoms with Crippen LogP contribution in [0.15, 0.2) is 18.2 Å². The van der Waals surface area contributed by atoms with Gasteiger partial charge in [-0.25, -0.2) is 0 Å². The fourth-order valence-corrected chi connectivity index (χ4v) is 2.43. The maximum Gasteiger partial charge on any atom is 0.0589 e. The van der Waals surface area contributed by atoms with Crippen LogP contribution >= 0.6 is 11.8 Å². The molecule has 16 heavy (non-hydrogen) atoms. The van der Waals surface area contributed by atoms with Gasteiger partial charge in [-0.2, -0.15) is 11.8 Å². The van der Waals surface area contributed by atoms with E-state index in [0.717, 1.165) is 18.1 Å². The van der Waals surface area contributed by atoms with Crippen molar-refractivity contribution in [3.63, 3.8) is 0 Å². The molecule has 1 aromatic rings. The average Bonchev–Trinajstić information content (AvgIpc) is 2.22. The highest BCUT2D eigenvalue weighted by atomic mass is 32.2. The van der Waals surface area contributed by atoms with E-state index in [-0.39, 0.29) is 0 Å². The van der Waals surface area contributed by atoms with Gasteiger partial charge in [0.15, 0.2) is 0 Å². The minimum Gasteiger partial charge on any atom is -0.379 e. The van der Waals surface area contributed by atoms with Crippen molar-refractivity contribution in [2.24, 2.45) is 5.73 Å². The van der Waals surface area contributed by atoms with Crippen molar-refractivity contribution in [2.75, 3.05) is 25.5 Å². The van der Waals surface area contributed by atoms with Crippen LogP contribution in [0.4, 0.5) is 0 Å². The van der Waals surface area contributed by atoms with Crippen molar-refractivity contribution in [1.82, 2.24) is 0 Å². The molecule has 0 heterocycles. The molecule has 0 aliphatic heterocycles. The van der Waals surface area contributed by atoms with Gasteiger partial charge in [-0.15, -0.1) is 0 Å². The van der Waals surface area contributed by atoms with Crippen LogP contribution in [0.25, 0.3) is 0 Å². The largest absolute Gasteiger partial charge is 0.379 e. The highest BCUT2D eigenvalue weighted by Gasteiger charge is 1.96. The van der Waals surface area contributed by atoms with Gasteiger partial charge in [0.1, 0.15) is 0 Å². The Hall–Kier alpha value is -0.510. The van der Waals surface area contributed by atoms with Gasteiger partial charge in [0, 0.05) is 18.1 Å². The van der Waals surface area contributed by atoms with E-state index in [0.29, 0.717) is 13.2 Å². The third kappa shape index (κ3) is 5.54. The predicted molar refractivity (Wildman–Crippen MR) is 72.0 cm³/mol. The average molecular weight is 239 g/mol. The molecule has 0 radical (unpaired) electrons. The molecule has 1 rings (SSSR count). The van der Waals surface area contributed by atoms with E-state index in [9.17, 15) is 0 Å². The molecule has 0 bridgehead atoms. The van der Waals surface area contributed by atoms with E-state index in [4.69, 9.17) is 10.5 Å². The monoisotopic (exact) mass is 239 g/mol. The van der Waals surface area contributed by atoms with Gasteiger partial charge in [0.25, 0.3) is 0 Å². The first kappa shape index (κ1) is 13.6. The minimum absolute atomic E-state index is 0.613. The van der Waals surface area contributed by atoms with Crippen LogP contribution in [0.1, 0.15) is 16.7 Å². The molecular weight excluding hydrogens is 218 g/mol. The molecule has 0 aliphatic rings. The summed E-state index contributed by atoms with van der Waals surface area (Å²) in [6.45, 7) is 6.37. The Balaban J connectivity index is 2.21. The van der Waals surface area contributed by atoms with Crippen LogP contribution < -0.4 is 5.73 Å². The number of benzene rings is 1. The molecular formula is C13H21NOS. The Labute approximate surface area is 103 Å². The van der Waals surface area contributed by atoms with Gasteiger partial charge in [0.05, 0.1) is 13.2 Å². The van der Waals surface area contributed by atoms with Crippen molar-refractivity contribution in [3.8, 4) is 0 Å². The summed E-state index contributed by atoms with van der Waals surface area (Å²) < 4.78 is 5.32. The molecule has 0 saturated heterocycles. The van der Waals surface area contributed by atoms with Gasteiger partial charge in [-0.05, 0) is 19.4 Å². The number of rotatable bonds is 7. The van der Waals surface area contributed by atoms with E-state index in [2.05, 4.69) is 32.0 Å². The van der Waals surface area contributed by atoms with E-state index in [1.165, 1.54) is 16.7 Å². The van der Waals surface area contributed by atoms with E-state index in [1.54, 1.807) is 0 Å². The predicted octanol–water partition coefficient (Wildman–Crippen LogP) is 2.51. The standard InChI is InChI=1S/C13H21NOS/c1-11-7-12(2)9-13(8-11)10-16-6-5-15-4-3-14/h7-9H,3-6,10,14H2,1-2H3. The molecule has 0 aliphatic carbocycles. The maximum absolute atomic E-state index is 5.34. The van der Waals surface area contributed by atoms with Crippen LogP contribution in [0.5, 0.6) is 0 Å². The number of thioether (sulfide) groups is 1. The van der Waals surface area contributed by atoms with Crippen LogP contribution in [0.3, 0.4) is 0 Å². The zero-order valence-corrected chi connectivity index (χ0v) is 11.0. The molecule has 0 unspecified atom stereocenters. The second kappa shape index (κ2) is 7.71. The van der Waals surface area contributed by atoms with Crippen molar-refractivity contribution in [2.45, 2.75) is 19.6 Å². The summed E-state index contributed by atoms with van der Waals surface area (Å²) in [5.74, 6) is 2.10. The highest BCUT2D eigenvalue weighted by molar-refractivity contribution is 7.98. The van der Waals surface area contributed by atoms with Crippen LogP contribution in [-0.2, 0) is 10.5 Å². The quantitative estimate of drug-likeness (QED) is 0.743. The molecule has 2 N–H and O–H groups in total. The lowest BCUT2D eigenvalue weighted by molar-refractivity contribution is 0.158. The first-order valence-corrected chi connectivity index (χ1v) is 6.80. The first-order valence-electron chi connectivity index (χ1n) is 5.65. The van der Waals surface area contributed by atoms with E-state index in [1.807, 2.05) is 11.8 Å². The molecule has 2 nitrogen and oxygen atoms in total. The lowest BCUT2D eigenvalue weighted by Gasteiger charge is -2.05. The van der Waals surface area contributed by atoms with Gasteiger partial charge >= 0.3 is 0 Å². The maximum atomic E-state index is 5.34. The summed E-state index contributed by atoms with van der Waals surface area (Å²) >= 11 is 1.91. The Bertz CT molecular complexity index is 295. The van der Waals surface area contributed by atoms with E-state index >= 15 is 0 Å². The number of hydrogen-bond acceptors (Lipinski definition) is 3. The second-order valence-electron chi connectivity index (χ2n) is 3.95. The lowest BCUT2D eigenvalue weighted by Crippen LogP contribution is -2.09.